The summed E-state index contributed by atoms with van der Waals surface area (Å²) in [4.78, 5) is 1.84. The fourth-order valence-corrected chi connectivity index (χ4v) is 2.11. The van der Waals surface area contributed by atoms with Crippen LogP contribution in [0, 0.1) is 0 Å². The number of likely N-dealkylation sites (tertiary alicyclic amines) is 1. The number of rotatable bonds is 2. The van der Waals surface area contributed by atoms with E-state index in [4.69, 9.17) is 0 Å². The first-order chi connectivity index (χ1) is 4.88. The van der Waals surface area contributed by atoms with Gasteiger partial charge in [0.05, 0.1) is 19.1 Å². The summed E-state index contributed by atoms with van der Waals surface area (Å²) in [6.07, 6.45) is 5.78. The largest absolute Gasteiger partial charge is 0.333 e. The van der Waals surface area contributed by atoms with E-state index in [-0.39, 0.29) is 0 Å². The van der Waals surface area contributed by atoms with Crippen LogP contribution in [-0.2, 0) is 0 Å². The van der Waals surface area contributed by atoms with Crippen LogP contribution in [0.1, 0.15) is 39.5 Å². The second kappa shape index (κ2) is 3.97. The van der Waals surface area contributed by atoms with Crippen molar-refractivity contribution in [1.82, 2.24) is 0 Å². The van der Waals surface area contributed by atoms with Crippen molar-refractivity contribution in [3.8, 4) is 0 Å². The minimum absolute atomic E-state index is 0.985. The summed E-state index contributed by atoms with van der Waals surface area (Å²) in [5.74, 6) is 0. The molecule has 1 aliphatic rings. The maximum atomic E-state index is 2.33. The van der Waals surface area contributed by atoms with Crippen LogP contribution >= 0.6 is 0 Å². The molecule has 60 valence electrons. The first kappa shape index (κ1) is 8.06. The van der Waals surface area contributed by atoms with E-state index in [2.05, 4.69) is 13.8 Å². The third-order valence-electron chi connectivity index (χ3n) is 2.82. The predicted molar refractivity (Wildman–Crippen MR) is 44.3 cm³/mol. The van der Waals surface area contributed by atoms with Crippen LogP contribution in [0.15, 0.2) is 0 Å². The van der Waals surface area contributed by atoms with Gasteiger partial charge in [-0.25, -0.2) is 0 Å². The summed E-state index contributed by atoms with van der Waals surface area (Å²) in [5.41, 5.74) is 0. The van der Waals surface area contributed by atoms with E-state index in [0.717, 1.165) is 6.04 Å². The van der Waals surface area contributed by atoms with Gasteiger partial charge in [-0.05, 0) is 32.6 Å². The van der Waals surface area contributed by atoms with Gasteiger partial charge in [0, 0.05) is 0 Å². The lowest BCUT2D eigenvalue weighted by Gasteiger charge is -2.30. The molecule has 1 nitrogen and oxygen atoms in total. The normalized spacial score (nSPS) is 34.2. The Hall–Kier alpha value is -0.0400. The summed E-state index contributed by atoms with van der Waals surface area (Å²) in [6.45, 7) is 7.39. The van der Waals surface area contributed by atoms with Gasteiger partial charge in [0.1, 0.15) is 0 Å². The Morgan fingerprint density at radius 3 is 2.60 bits per heavy atom. The van der Waals surface area contributed by atoms with E-state index >= 15 is 0 Å². The van der Waals surface area contributed by atoms with Crippen LogP contribution in [0.25, 0.3) is 0 Å². The Morgan fingerprint density at radius 1 is 1.30 bits per heavy atom. The fourth-order valence-electron chi connectivity index (χ4n) is 2.11. The molecule has 1 aliphatic heterocycles. The Morgan fingerprint density at radius 2 is 2.10 bits per heavy atom. The summed E-state index contributed by atoms with van der Waals surface area (Å²) < 4.78 is 0. The number of piperidine rings is 1. The van der Waals surface area contributed by atoms with E-state index < -0.39 is 0 Å². The first-order valence-electron chi connectivity index (χ1n) is 4.73. The Labute approximate surface area is 64.4 Å². The second-order valence-corrected chi connectivity index (χ2v) is 3.36. The average Bonchev–Trinajstić information content (AvgIpc) is 2.04. The standard InChI is InChI=1S/C9H19N/c1-3-9-7-5-6-8-10(9)4-2/h9H,3-8H2,1-2H3/p+1. The van der Waals surface area contributed by atoms with Crippen LogP contribution in [0.2, 0.25) is 0 Å². The van der Waals surface area contributed by atoms with Crippen LogP contribution in [0.5, 0.6) is 0 Å². The van der Waals surface area contributed by atoms with Crippen molar-refractivity contribution in [2.24, 2.45) is 0 Å². The smallest absolute Gasteiger partial charge is 0.0871 e. The number of nitrogens with one attached hydrogen (secondary N) is 1. The van der Waals surface area contributed by atoms with Crippen LogP contribution in [0.4, 0.5) is 0 Å². The van der Waals surface area contributed by atoms with E-state index in [1.54, 1.807) is 0 Å². The van der Waals surface area contributed by atoms with Gasteiger partial charge in [-0.1, -0.05) is 6.92 Å². The van der Waals surface area contributed by atoms with Gasteiger partial charge < -0.3 is 4.90 Å². The molecule has 0 radical (unpaired) electrons. The number of hydrogen-bond acceptors (Lipinski definition) is 0. The topological polar surface area (TPSA) is 4.44 Å². The quantitative estimate of drug-likeness (QED) is 0.583. The molecule has 2 atom stereocenters. The number of quaternary nitrogens is 1. The minimum atomic E-state index is 0.985. The first-order valence-corrected chi connectivity index (χ1v) is 4.73. The SMILES string of the molecule is CCC1CCCC[NH+]1CC. The highest BCUT2D eigenvalue weighted by Gasteiger charge is 2.21. The average molecular weight is 142 g/mol. The molecule has 1 saturated heterocycles. The van der Waals surface area contributed by atoms with E-state index in [0.29, 0.717) is 0 Å². The van der Waals surface area contributed by atoms with Crippen molar-refractivity contribution in [3.05, 3.63) is 0 Å². The maximum Gasteiger partial charge on any atom is 0.0871 e. The zero-order chi connectivity index (χ0) is 7.40. The van der Waals surface area contributed by atoms with Crippen LogP contribution in [0.3, 0.4) is 0 Å². The van der Waals surface area contributed by atoms with Gasteiger partial charge >= 0.3 is 0 Å². The lowest BCUT2D eigenvalue weighted by Crippen LogP contribution is -3.16. The second-order valence-electron chi connectivity index (χ2n) is 3.36. The molecule has 0 saturated carbocycles. The Kier molecular flexibility index (Phi) is 3.20. The molecule has 1 N–H and O–H groups in total. The zero-order valence-corrected chi connectivity index (χ0v) is 7.32. The summed E-state index contributed by atoms with van der Waals surface area (Å²) in [5, 5.41) is 0. The lowest BCUT2D eigenvalue weighted by molar-refractivity contribution is -0.929. The molecule has 0 aromatic rings. The third kappa shape index (κ3) is 1.72. The van der Waals surface area contributed by atoms with Gasteiger partial charge in [-0.2, -0.15) is 0 Å². The minimum Gasteiger partial charge on any atom is -0.333 e. The van der Waals surface area contributed by atoms with Gasteiger partial charge in [0.15, 0.2) is 0 Å². The molecule has 0 spiro atoms. The summed E-state index contributed by atoms with van der Waals surface area (Å²) in [7, 11) is 0. The predicted octanol–water partition coefficient (Wildman–Crippen LogP) is 0.854. The van der Waals surface area contributed by atoms with Crippen molar-refractivity contribution in [2.75, 3.05) is 13.1 Å². The van der Waals surface area contributed by atoms with E-state index in [1.165, 1.54) is 38.8 Å². The van der Waals surface area contributed by atoms with E-state index in [9.17, 15) is 0 Å². The van der Waals surface area contributed by atoms with Gasteiger partial charge in [-0.15, -0.1) is 0 Å². The molecule has 0 amide bonds. The van der Waals surface area contributed by atoms with Crippen LogP contribution < -0.4 is 4.90 Å². The van der Waals surface area contributed by atoms with Crippen molar-refractivity contribution >= 4 is 0 Å². The lowest BCUT2D eigenvalue weighted by atomic mass is 10.0. The van der Waals surface area contributed by atoms with Crippen molar-refractivity contribution in [2.45, 2.75) is 45.6 Å². The summed E-state index contributed by atoms with van der Waals surface area (Å²) >= 11 is 0. The Balaban J connectivity index is 2.34. The molecule has 1 fully saturated rings. The molecule has 0 aromatic heterocycles. The molecule has 1 heterocycles. The van der Waals surface area contributed by atoms with Crippen molar-refractivity contribution in [3.63, 3.8) is 0 Å². The molecular formula is C9H20N+. The zero-order valence-electron chi connectivity index (χ0n) is 7.32. The molecular weight excluding hydrogens is 122 g/mol. The molecule has 2 unspecified atom stereocenters. The molecule has 10 heavy (non-hydrogen) atoms. The molecule has 0 bridgehead atoms. The Bertz CT molecular complexity index is 78.7. The van der Waals surface area contributed by atoms with E-state index in [1.807, 2.05) is 4.90 Å². The molecule has 1 rings (SSSR count). The summed E-state index contributed by atoms with van der Waals surface area (Å²) in [6, 6.07) is 0.985. The molecule has 0 aromatic carbocycles. The highest BCUT2D eigenvalue weighted by molar-refractivity contribution is 4.58. The van der Waals surface area contributed by atoms with Crippen LogP contribution in [-0.4, -0.2) is 19.1 Å². The van der Waals surface area contributed by atoms with Gasteiger partial charge in [0.2, 0.25) is 0 Å². The molecule has 1 heteroatoms. The third-order valence-corrected chi connectivity index (χ3v) is 2.82. The monoisotopic (exact) mass is 142 g/mol. The van der Waals surface area contributed by atoms with Crippen molar-refractivity contribution in [1.29, 1.82) is 0 Å². The maximum absolute atomic E-state index is 2.33. The molecule has 0 aliphatic carbocycles. The van der Waals surface area contributed by atoms with Gasteiger partial charge in [0.25, 0.3) is 0 Å². The fraction of sp³-hybridized carbons (Fsp3) is 1.00. The highest BCUT2D eigenvalue weighted by atomic mass is 15.1. The number of hydrogen-bond donors (Lipinski definition) is 1. The van der Waals surface area contributed by atoms with Gasteiger partial charge in [-0.3, -0.25) is 0 Å². The van der Waals surface area contributed by atoms with Crippen molar-refractivity contribution < 1.29 is 4.90 Å². The highest BCUT2D eigenvalue weighted by Crippen LogP contribution is 2.04.